The largest absolute Gasteiger partial charge is 0.465 e. The smallest absolute Gasteiger partial charge is 0.339 e. The van der Waals surface area contributed by atoms with Crippen LogP contribution in [-0.4, -0.2) is 25.7 Å². The van der Waals surface area contributed by atoms with Gasteiger partial charge >= 0.3 is 11.9 Å². The van der Waals surface area contributed by atoms with Crippen LogP contribution in [0.25, 0.3) is 0 Å². The maximum absolute atomic E-state index is 11.5. The van der Waals surface area contributed by atoms with Crippen molar-refractivity contribution >= 4 is 23.5 Å². The molecular weight excluding hydrogens is 232 g/mol. The molecular formula is C11H11ClO4. The quantitative estimate of drug-likeness (QED) is 0.764. The molecule has 5 heteroatoms. The first kappa shape index (κ1) is 12.5. The lowest BCUT2D eigenvalue weighted by molar-refractivity contribution is 0.0526. The van der Waals surface area contributed by atoms with Gasteiger partial charge in [-0.2, -0.15) is 0 Å². The van der Waals surface area contributed by atoms with E-state index in [2.05, 4.69) is 4.74 Å². The summed E-state index contributed by atoms with van der Waals surface area (Å²) in [5.41, 5.74) is 0.418. The summed E-state index contributed by atoms with van der Waals surface area (Å²) in [6.45, 7) is 1.94. The number of methoxy groups -OCH3 is 1. The van der Waals surface area contributed by atoms with Gasteiger partial charge in [0.25, 0.3) is 0 Å². The second-order valence-electron chi connectivity index (χ2n) is 2.91. The van der Waals surface area contributed by atoms with Crippen LogP contribution in [0.1, 0.15) is 27.6 Å². The summed E-state index contributed by atoms with van der Waals surface area (Å²) < 4.78 is 9.34. The molecule has 0 fully saturated rings. The molecule has 0 saturated carbocycles. The Balaban J connectivity index is 3.08. The first-order chi connectivity index (χ1) is 7.60. The number of hydrogen-bond acceptors (Lipinski definition) is 4. The van der Waals surface area contributed by atoms with E-state index in [1.54, 1.807) is 6.92 Å². The Bertz CT molecular complexity index is 414. The third-order valence-electron chi connectivity index (χ3n) is 1.88. The van der Waals surface area contributed by atoms with Crippen LogP contribution in [0.5, 0.6) is 0 Å². The van der Waals surface area contributed by atoms with E-state index in [0.717, 1.165) is 0 Å². The number of hydrogen-bond donors (Lipinski definition) is 0. The van der Waals surface area contributed by atoms with Gasteiger partial charge in [0, 0.05) is 0 Å². The zero-order chi connectivity index (χ0) is 12.1. The number of rotatable bonds is 3. The molecule has 0 atom stereocenters. The number of carbonyl (C=O) groups is 2. The maximum atomic E-state index is 11.5. The van der Waals surface area contributed by atoms with E-state index >= 15 is 0 Å². The van der Waals surface area contributed by atoms with Crippen molar-refractivity contribution in [1.29, 1.82) is 0 Å². The van der Waals surface area contributed by atoms with Crippen LogP contribution in [-0.2, 0) is 9.47 Å². The lowest BCUT2D eigenvalue weighted by Gasteiger charge is -2.05. The second kappa shape index (κ2) is 5.51. The average Bonchev–Trinajstić information content (AvgIpc) is 2.29. The molecule has 0 heterocycles. The van der Waals surface area contributed by atoms with Gasteiger partial charge < -0.3 is 9.47 Å². The Labute approximate surface area is 98.1 Å². The summed E-state index contributed by atoms with van der Waals surface area (Å²) in [6.07, 6.45) is 0. The molecule has 0 amide bonds. The predicted molar refractivity (Wildman–Crippen MR) is 58.7 cm³/mol. The van der Waals surface area contributed by atoms with Gasteiger partial charge in [-0.25, -0.2) is 9.59 Å². The normalized spacial score (nSPS) is 9.69. The van der Waals surface area contributed by atoms with Crippen molar-refractivity contribution in [3.8, 4) is 0 Å². The SMILES string of the molecule is CCOC(=O)c1cc(C(=O)OC)ccc1Cl. The first-order valence-electron chi connectivity index (χ1n) is 4.65. The molecule has 4 nitrogen and oxygen atoms in total. The molecule has 0 aliphatic rings. The fraction of sp³-hybridized carbons (Fsp3) is 0.273. The Hall–Kier alpha value is -1.55. The predicted octanol–water partition coefficient (Wildman–Crippen LogP) is 2.30. The van der Waals surface area contributed by atoms with Gasteiger partial charge in [-0.15, -0.1) is 0 Å². The van der Waals surface area contributed by atoms with Crippen LogP contribution in [0, 0.1) is 0 Å². The second-order valence-corrected chi connectivity index (χ2v) is 3.31. The Morgan fingerprint density at radius 1 is 1.31 bits per heavy atom. The topological polar surface area (TPSA) is 52.6 Å². The van der Waals surface area contributed by atoms with Gasteiger partial charge in [-0.3, -0.25) is 0 Å². The molecule has 86 valence electrons. The zero-order valence-corrected chi connectivity index (χ0v) is 9.71. The van der Waals surface area contributed by atoms with Gasteiger partial charge in [-0.05, 0) is 25.1 Å². The van der Waals surface area contributed by atoms with Gasteiger partial charge in [0.05, 0.1) is 29.9 Å². The minimum absolute atomic E-state index is 0.159. The van der Waals surface area contributed by atoms with Crippen molar-refractivity contribution in [2.75, 3.05) is 13.7 Å². The number of benzene rings is 1. The summed E-state index contributed by atoms with van der Waals surface area (Å²) in [7, 11) is 1.26. The van der Waals surface area contributed by atoms with Crippen molar-refractivity contribution < 1.29 is 19.1 Å². The molecule has 0 aromatic heterocycles. The fourth-order valence-corrected chi connectivity index (χ4v) is 1.33. The van der Waals surface area contributed by atoms with Crippen LogP contribution < -0.4 is 0 Å². The molecule has 1 rings (SSSR count). The van der Waals surface area contributed by atoms with Gasteiger partial charge in [0.1, 0.15) is 0 Å². The number of esters is 2. The van der Waals surface area contributed by atoms with E-state index in [1.165, 1.54) is 25.3 Å². The maximum Gasteiger partial charge on any atom is 0.339 e. The van der Waals surface area contributed by atoms with Gasteiger partial charge in [-0.1, -0.05) is 11.6 Å². The van der Waals surface area contributed by atoms with E-state index in [-0.39, 0.29) is 22.8 Å². The summed E-state index contributed by atoms with van der Waals surface area (Å²) in [5.74, 6) is -1.08. The summed E-state index contributed by atoms with van der Waals surface area (Å²) in [6, 6.07) is 4.29. The molecule has 0 aliphatic heterocycles. The van der Waals surface area contributed by atoms with Crippen molar-refractivity contribution in [3.05, 3.63) is 34.3 Å². The van der Waals surface area contributed by atoms with E-state index in [9.17, 15) is 9.59 Å². The van der Waals surface area contributed by atoms with E-state index < -0.39 is 11.9 Å². The van der Waals surface area contributed by atoms with Crippen LogP contribution in [0.15, 0.2) is 18.2 Å². The third-order valence-corrected chi connectivity index (χ3v) is 2.21. The minimum Gasteiger partial charge on any atom is -0.465 e. The van der Waals surface area contributed by atoms with Crippen molar-refractivity contribution in [2.24, 2.45) is 0 Å². The molecule has 0 aliphatic carbocycles. The van der Waals surface area contributed by atoms with E-state index in [0.29, 0.717) is 0 Å². The van der Waals surface area contributed by atoms with Crippen LogP contribution in [0.2, 0.25) is 5.02 Å². The third kappa shape index (κ3) is 2.73. The van der Waals surface area contributed by atoms with E-state index in [1.807, 2.05) is 0 Å². The van der Waals surface area contributed by atoms with Crippen LogP contribution in [0.4, 0.5) is 0 Å². The highest BCUT2D eigenvalue weighted by atomic mass is 35.5. The highest BCUT2D eigenvalue weighted by Gasteiger charge is 2.15. The molecule has 1 aromatic carbocycles. The highest BCUT2D eigenvalue weighted by Crippen LogP contribution is 2.19. The number of halogens is 1. The molecule has 0 saturated heterocycles. The summed E-state index contributed by atoms with van der Waals surface area (Å²) >= 11 is 5.82. The van der Waals surface area contributed by atoms with E-state index in [4.69, 9.17) is 16.3 Å². The lowest BCUT2D eigenvalue weighted by Crippen LogP contribution is -2.08. The van der Waals surface area contributed by atoms with Crippen molar-refractivity contribution in [2.45, 2.75) is 6.92 Å². The Morgan fingerprint density at radius 2 is 2.00 bits per heavy atom. The number of carbonyl (C=O) groups excluding carboxylic acids is 2. The molecule has 16 heavy (non-hydrogen) atoms. The Kier molecular flexibility index (Phi) is 4.31. The molecule has 0 radical (unpaired) electrons. The molecule has 0 bridgehead atoms. The average molecular weight is 243 g/mol. The van der Waals surface area contributed by atoms with Gasteiger partial charge in [0.2, 0.25) is 0 Å². The summed E-state index contributed by atoms with van der Waals surface area (Å²) in [5, 5.41) is 0.242. The summed E-state index contributed by atoms with van der Waals surface area (Å²) in [4.78, 5) is 22.7. The minimum atomic E-state index is -0.557. The molecule has 0 unspecified atom stereocenters. The first-order valence-corrected chi connectivity index (χ1v) is 5.03. The molecule has 0 spiro atoms. The standard InChI is InChI=1S/C11H11ClO4/c1-3-16-11(14)8-6-7(10(13)15-2)4-5-9(8)12/h4-6H,3H2,1-2H3. The van der Waals surface area contributed by atoms with Gasteiger partial charge in [0.15, 0.2) is 0 Å². The van der Waals surface area contributed by atoms with Crippen LogP contribution in [0.3, 0.4) is 0 Å². The van der Waals surface area contributed by atoms with Crippen molar-refractivity contribution in [3.63, 3.8) is 0 Å². The fourth-order valence-electron chi connectivity index (χ4n) is 1.14. The lowest BCUT2D eigenvalue weighted by atomic mass is 10.1. The number of ether oxygens (including phenoxy) is 2. The molecule has 0 N–H and O–H groups in total. The monoisotopic (exact) mass is 242 g/mol. The molecule has 1 aromatic rings. The van der Waals surface area contributed by atoms with Crippen LogP contribution >= 0.6 is 11.6 Å². The van der Waals surface area contributed by atoms with Crippen molar-refractivity contribution in [1.82, 2.24) is 0 Å². The zero-order valence-electron chi connectivity index (χ0n) is 8.95. The highest BCUT2D eigenvalue weighted by molar-refractivity contribution is 6.33. The Morgan fingerprint density at radius 3 is 2.56 bits per heavy atom.